The zero-order valence-electron chi connectivity index (χ0n) is 10.5. The maximum atomic E-state index is 11.0. The zero-order chi connectivity index (χ0) is 14.3. The van der Waals surface area contributed by atoms with Crippen LogP contribution in [0, 0.1) is 4.77 Å². The summed E-state index contributed by atoms with van der Waals surface area (Å²) in [6, 6.07) is 4.74. The molecule has 1 atom stereocenters. The van der Waals surface area contributed by atoms with Crippen LogP contribution in [0.1, 0.15) is 0 Å². The van der Waals surface area contributed by atoms with Crippen LogP contribution in [0.15, 0.2) is 18.2 Å². The highest BCUT2D eigenvalue weighted by atomic mass is 32.1. The van der Waals surface area contributed by atoms with Crippen molar-refractivity contribution < 1.29 is 9.90 Å². The number of hydrogen-bond donors (Lipinski definition) is 2. The SMILES string of the molecule is CN1CC(C(=O)[O-])Nc2ccc(-n3[nH]nnc3=S)cc21. The van der Waals surface area contributed by atoms with Gasteiger partial charge in [0.2, 0.25) is 4.77 Å². The molecular weight excluding hydrogens is 280 g/mol. The number of aliphatic carboxylic acids is 1. The number of likely N-dealkylation sites (N-methyl/N-ethyl adjacent to an activating group) is 1. The fourth-order valence-corrected chi connectivity index (χ4v) is 2.39. The number of rotatable bonds is 2. The van der Waals surface area contributed by atoms with E-state index in [0.717, 1.165) is 17.1 Å². The molecule has 2 N–H and O–H groups in total. The van der Waals surface area contributed by atoms with Gasteiger partial charge in [-0.05, 0) is 30.4 Å². The minimum absolute atomic E-state index is 0.323. The lowest BCUT2D eigenvalue weighted by atomic mass is 10.1. The number of nitrogens with one attached hydrogen (secondary N) is 2. The van der Waals surface area contributed by atoms with E-state index in [-0.39, 0.29) is 0 Å². The largest absolute Gasteiger partial charge is 0.548 e. The van der Waals surface area contributed by atoms with Gasteiger partial charge in [0, 0.05) is 13.6 Å². The third-order valence-electron chi connectivity index (χ3n) is 3.19. The van der Waals surface area contributed by atoms with Gasteiger partial charge in [-0.2, -0.15) is 5.21 Å². The molecule has 1 aliphatic rings. The molecule has 8 nitrogen and oxygen atoms in total. The molecule has 0 aliphatic carbocycles. The Hall–Kier alpha value is -2.42. The number of tetrazole rings is 1. The molecule has 2 aromatic rings. The van der Waals surface area contributed by atoms with E-state index in [0.29, 0.717) is 11.3 Å². The Labute approximate surface area is 119 Å². The highest BCUT2D eigenvalue weighted by Gasteiger charge is 2.22. The lowest BCUT2D eigenvalue weighted by Gasteiger charge is -2.35. The Bertz CT molecular complexity index is 724. The van der Waals surface area contributed by atoms with Gasteiger partial charge < -0.3 is 20.1 Å². The molecule has 0 saturated heterocycles. The first-order chi connectivity index (χ1) is 9.56. The summed E-state index contributed by atoms with van der Waals surface area (Å²) < 4.78 is 1.89. The second kappa shape index (κ2) is 4.60. The molecule has 104 valence electrons. The Morgan fingerprint density at radius 3 is 3.00 bits per heavy atom. The van der Waals surface area contributed by atoms with Gasteiger partial charge in [0.25, 0.3) is 0 Å². The van der Waals surface area contributed by atoms with E-state index in [1.54, 1.807) is 16.8 Å². The zero-order valence-corrected chi connectivity index (χ0v) is 11.3. The number of anilines is 2. The van der Waals surface area contributed by atoms with Crippen molar-refractivity contribution >= 4 is 29.6 Å². The molecule has 2 heterocycles. The normalized spacial score (nSPS) is 17.4. The van der Waals surface area contributed by atoms with Crippen LogP contribution in [0.4, 0.5) is 11.4 Å². The minimum Gasteiger partial charge on any atom is -0.548 e. The molecule has 0 saturated carbocycles. The van der Waals surface area contributed by atoms with Gasteiger partial charge in [0.05, 0.1) is 29.1 Å². The fourth-order valence-electron chi connectivity index (χ4n) is 2.20. The third-order valence-corrected chi connectivity index (χ3v) is 3.46. The van der Waals surface area contributed by atoms with E-state index in [1.165, 1.54) is 0 Å². The van der Waals surface area contributed by atoms with E-state index in [9.17, 15) is 9.90 Å². The Kier molecular flexibility index (Phi) is 2.90. The summed E-state index contributed by atoms with van der Waals surface area (Å²) in [5.41, 5.74) is 2.38. The van der Waals surface area contributed by atoms with Gasteiger partial charge in [0.15, 0.2) is 0 Å². The van der Waals surface area contributed by atoms with E-state index in [4.69, 9.17) is 12.2 Å². The average Bonchev–Trinajstić information content (AvgIpc) is 2.84. The first-order valence-corrected chi connectivity index (χ1v) is 6.30. The molecule has 1 aliphatic heterocycles. The molecule has 1 aromatic carbocycles. The van der Waals surface area contributed by atoms with E-state index in [2.05, 4.69) is 20.8 Å². The van der Waals surface area contributed by atoms with Crippen LogP contribution in [0.5, 0.6) is 0 Å². The Morgan fingerprint density at radius 2 is 2.35 bits per heavy atom. The minimum atomic E-state index is -1.12. The third kappa shape index (κ3) is 2.01. The second-order valence-electron chi connectivity index (χ2n) is 4.52. The van der Waals surface area contributed by atoms with Gasteiger partial charge in [0.1, 0.15) is 0 Å². The number of fused-ring (bicyclic) bond motifs is 1. The highest BCUT2D eigenvalue weighted by Crippen LogP contribution is 2.31. The first kappa shape index (κ1) is 12.6. The number of carbonyl (C=O) groups excluding carboxylic acids is 1. The fraction of sp³-hybridized carbons (Fsp3) is 0.273. The summed E-state index contributed by atoms with van der Waals surface area (Å²) in [4.78, 5) is 12.8. The van der Waals surface area contributed by atoms with Crippen LogP contribution < -0.4 is 15.3 Å². The van der Waals surface area contributed by atoms with Gasteiger partial charge in [-0.1, -0.05) is 10.3 Å². The lowest BCUT2D eigenvalue weighted by Crippen LogP contribution is -2.50. The number of carboxylic acid groups (broad SMARTS) is 1. The number of aromatic amines is 1. The highest BCUT2D eigenvalue weighted by molar-refractivity contribution is 7.71. The van der Waals surface area contributed by atoms with Crippen LogP contribution in [-0.2, 0) is 4.79 Å². The standard InChI is InChI=1S/C11H12N6O2S/c1-16-5-8(10(18)19)12-7-3-2-6(4-9(7)16)17-11(20)13-14-15-17/h2-4,8,12H,5H2,1H3,(H,18,19)(H,13,15,20)/p-1. The van der Waals surface area contributed by atoms with Crippen LogP contribution in [-0.4, -0.2) is 45.8 Å². The predicted molar refractivity (Wildman–Crippen MR) is 72.2 cm³/mol. The van der Waals surface area contributed by atoms with Crippen molar-refractivity contribution in [2.75, 3.05) is 23.8 Å². The van der Waals surface area contributed by atoms with Crippen molar-refractivity contribution in [1.29, 1.82) is 0 Å². The molecule has 0 fully saturated rings. The monoisotopic (exact) mass is 291 g/mol. The van der Waals surface area contributed by atoms with Gasteiger partial charge in [-0.15, -0.1) is 0 Å². The number of carbonyl (C=O) groups is 1. The summed E-state index contributed by atoms with van der Waals surface area (Å²) in [5, 5.41) is 23.9. The summed E-state index contributed by atoms with van der Waals surface area (Å²) in [6.07, 6.45) is 0. The molecule has 0 radical (unpaired) electrons. The summed E-state index contributed by atoms with van der Waals surface area (Å²) in [6.45, 7) is 0.325. The summed E-state index contributed by atoms with van der Waals surface area (Å²) >= 11 is 5.05. The number of hydrogen-bond acceptors (Lipinski definition) is 7. The number of aromatic nitrogens is 4. The summed E-state index contributed by atoms with van der Waals surface area (Å²) in [5.74, 6) is -1.12. The second-order valence-corrected chi connectivity index (χ2v) is 4.88. The van der Waals surface area contributed by atoms with E-state index in [1.807, 2.05) is 18.0 Å². The number of nitrogens with zero attached hydrogens (tertiary/aromatic N) is 4. The lowest BCUT2D eigenvalue weighted by molar-refractivity contribution is -0.306. The van der Waals surface area contributed by atoms with Crippen molar-refractivity contribution in [2.45, 2.75) is 6.04 Å². The van der Waals surface area contributed by atoms with Crippen LogP contribution in [0.2, 0.25) is 0 Å². The quantitative estimate of drug-likeness (QED) is 0.706. The van der Waals surface area contributed by atoms with Crippen molar-refractivity contribution in [3.63, 3.8) is 0 Å². The van der Waals surface area contributed by atoms with Crippen LogP contribution in [0.25, 0.3) is 5.69 Å². The summed E-state index contributed by atoms with van der Waals surface area (Å²) in [7, 11) is 1.82. The van der Waals surface area contributed by atoms with Crippen molar-refractivity contribution in [1.82, 2.24) is 20.2 Å². The van der Waals surface area contributed by atoms with Crippen molar-refractivity contribution in [3.05, 3.63) is 23.0 Å². The number of benzene rings is 1. The van der Waals surface area contributed by atoms with Crippen LogP contribution in [0.3, 0.4) is 0 Å². The van der Waals surface area contributed by atoms with Gasteiger partial charge >= 0.3 is 0 Å². The molecule has 0 bridgehead atoms. The molecule has 0 spiro atoms. The smallest absolute Gasteiger partial charge is 0.242 e. The number of H-pyrrole nitrogens is 1. The topological polar surface area (TPSA) is 102 Å². The molecule has 0 amide bonds. The van der Waals surface area contributed by atoms with Crippen LogP contribution >= 0.6 is 12.2 Å². The van der Waals surface area contributed by atoms with E-state index < -0.39 is 12.0 Å². The molecule has 9 heteroatoms. The molecular formula is C11H11N6O2S-. The Balaban J connectivity index is 2.02. The first-order valence-electron chi connectivity index (χ1n) is 5.89. The maximum Gasteiger partial charge on any atom is 0.242 e. The molecule has 1 unspecified atom stereocenters. The van der Waals surface area contributed by atoms with Crippen molar-refractivity contribution in [2.24, 2.45) is 0 Å². The van der Waals surface area contributed by atoms with Crippen molar-refractivity contribution in [3.8, 4) is 5.69 Å². The number of carboxylic acids is 1. The Morgan fingerprint density at radius 1 is 1.55 bits per heavy atom. The maximum absolute atomic E-state index is 11.0. The van der Waals surface area contributed by atoms with Gasteiger partial charge in [-0.25, -0.2) is 4.68 Å². The van der Waals surface area contributed by atoms with E-state index >= 15 is 0 Å². The van der Waals surface area contributed by atoms with Gasteiger partial charge in [-0.3, -0.25) is 0 Å². The molecule has 3 rings (SSSR count). The predicted octanol–water partition coefficient (Wildman–Crippen LogP) is -0.695. The molecule has 1 aromatic heterocycles. The average molecular weight is 291 g/mol. The molecule has 20 heavy (non-hydrogen) atoms.